The smallest absolute Gasteiger partial charge is 0.243 e. The van der Waals surface area contributed by atoms with E-state index in [1.165, 1.54) is 14.0 Å². The standard InChI is InChI=1S/C23H29N3O5S2/c27-32(28,18-9-21-5-2-1-3-6-21)25-12-10-24(11-13-25)20-22-7-4-8-23(19-22)33(29,30)26-14-16-31-17-15-26/h1-9,18-19H,10-17,20H2. The summed E-state index contributed by atoms with van der Waals surface area (Å²) in [7, 11) is -7.03. The quantitative estimate of drug-likeness (QED) is 0.587. The van der Waals surface area contributed by atoms with Crippen LogP contribution in [-0.2, 0) is 31.3 Å². The Kier molecular flexibility index (Phi) is 7.62. The van der Waals surface area contributed by atoms with E-state index in [0.29, 0.717) is 59.0 Å². The Morgan fingerprint density at radius 1 is 0.788 bits per heavy atom. The molecule has 0 bridgehead atoms. The summed E-state index contributed by atoms with van der Waals surface area (Å²) in [6, 6.07) is 16.3. The maximum atomic E-state index is 12.9. The number of hydrogen-bond acceptors (Lipinski definition) is 6. The third-order valence-electron chi connectivity index (χ3n) is 5.84. The molecule has 0 saturated carbocycles. The molecule has 4 rings (SSSR count). The zero-order chi connectivity index (χ0) is 23.3. The minimum atomic E-state index is -3.54. The monoisotopic (exact) mass is 491 g/mol. The highest BCUT2D eigenvalue weighted by Crippen LogP contribution is 2.20. The number of benzene rings is 2. The van der Waals surface area contributed by atoms with Gasteiger partial charge in [-0.05, 0) is 29.3 Å². The van der Waals surface area contributed by atoms with E-state index in [1.807, 2.05) is 36.4 Å². The molecule has 0 spiro atoms. The lowest BCUT2D eigenvalue weighted by molar-refractivity contribution is 0.0730. The molecule has 2 saturated heterocycles. The molecule has 178 valence electrons. The zero-order valence-corrected chi connectivity index (χ0v) is 20.0. The molecule has 8 nitrogen and oxygen atoms in total. The average molecular weight is 492 g/mol. The third kappa shape index (κ3) is 6.08. The minimum absolute atomic E-state index is 0.286. The fourth-order valence-corrected chi connectivity index (χ4v) is 6.61. The molecule has 0 aliphatic carbocycles. The van der Waals surface area contributed by atoms with Gasteiger partial charge in [0.1, 0.15) is 0 Å². The third-order valence-corrected chi connectivity index (χ3v) is 9.30. The lowest BCUT2D eigenvalue weighted by atomic mass is 10.2. The van der Waals surface area contributed by atoms with Gasteiger partial charge >= 0.3 is 0 Å². The number of morpholine rings is 1. The van der Waals surface area contributed by atoms with Crippen LogP contribution in [0.5, 0.6) is 0 Å². The molecule has 2 aliphatic heterocycles. The van der Waals surface area contributed by atoms with Crippen molar-refractivity contribution in [3.8, 4) is 0 Å². The fourth-order valence-electron chi connectivity index (χ4n) is 3.96. The van der Waals surface area contributed by atoms with Crippen molar-refractivity contribution in [3.05, 3.63) is 71.1 Å². The van der Waals surface area contributed by atoms with Crippen LogP contribution < -0.4 is 0 Å². The largest absolute Gasteiger partial charge is 0.379 e. The molecular weight excluding hydrogens is 462 g/mol. The van der Waals surface area contributed by atoms with Crippen molar-refractivity contribution in [2.24, 2.45) is 0 Å². The Hall–Kier alpha value is -2.08. The maximum Gasteiger partial charge on any atom is 0.243 e. The van der Waals surface area contributed by atoms with Gasteiger partial charge in [0, 0.05) is 51.2 Å². The molecule has 0 atom stereocenters. The van der Waals surface area contributed by atoms with Gasteiger partial charge in [-0.15, -0.1) is 0 Å². The van der Waals surface area contributed by atoms with Crippen molar-refractivity contribution in [1.82, 2.24) is 13.5 Å². The van der Waals surface area contributed by atoms with Crippen molar-refractivity contribution < 1.29 is 21.6 Å². The van der Waals surface area contributed by atoms with Crippen LogP contribution in [0.4, 0.5) is 0 Å². The lowest BCUT2D eigenvalue weighted by Gasteiger charge is -2.33. The molecule has 0 aromatic heterocycles. The summed E-state index contributed by atoms with van der Waals surface area (Å²) >= 11 is 0. The first-order valence-electron chi connectivity index (χ1n) is 11.0. The van der Waals surface area contributed by atoms with E-state index < -0.39 is 20.0 Å². The van der Waals surface area contributed by atoms with Crippen molar-refractivity contribution >= 4 is 26.1 Å². The minimum Gasteiger partial charge on any atom is -0.379 e. The predicted octanol–water partition coefficient (Wildman–Crippen LogP) is 1.83. The lowest BCUT2D eigenvalue weighted by Crippen LogP contribution is -2.47. The number of ether oxygens (including phenoxy) is 1. The van der Waals surface area contributed by atoms with Crippen LogP contribution in [-0.4, -0.2) is 82.8 Å². The Morgan fingerprint density at radius 3 is 2.18 bits per heavy atom. The van der Waals surface area contributed by atoms with Crippen LogP contribution in [0.3, 0.4) is 0 Å². The highest BCUT2D eigenvalue weighted by atomic mass is 32.2. The Balaban J connectivity index is 1.35. The molecule has 0 radical (unpaired) electrons. The summed E-state index contributed by atoms with van der Waals surface area (Å²) in [6.07, 6.45) is 1.61. The van der Waals surface area contributed by atoms with E-state index in [9.17, 15) is 16.8 Å². The topological polar surface area (TPSA) is 87.2 Å². The zero-order valence-electron chi connectivity index (χ0n) is 18.4. The average Bonchev–Trinajstić information content (AvgIpc) is 2.85. The van der Waals surface area contributed by atoms with Gasteiger partial charge in [-0.25, -0.2) is 16.8 Å². The normalized spacial score (nSPS) is 19.8. The van der Waals surface area contributed by atoms with E-state index in [-0.39, 0.29) is 4.90 Å². The second-order valence-electron chi connectivity index (χ2n) is 8.10. The van der Waals surface area contributed by atoms with Crippen LogP contribution in [0.15, 0.2) is 64.9 Å². The molecule has 2 aromatic carbocycles. The highest BCUT2D eigenvalue weighted by Gasteiger charge is 2.28. The van der Waals surface area contributed by atoms with Gasteiger partial charge in [-0.2, -0.15) is 8.61 Å². The van der Waals surface area contributed by atoms with Crippen molar-refractivity contribution in [2.75, 3.05) is 52.5 Å². The Bertz CT molecular complexity index is 1170. The molecule has 0 N–H and O–H groups in total. The van der Waals surface area contributed by atoms with Crippen molar-refractivity contribution in [2.45, 2.75) is 11.4 Å². The van der Waals surface area contributed by atoms with Gasteiger partial charge in [-0.3, -0.25) is 4.90 Å². The second-order valence-corrected chi connectivity index (χ2v) is 11.9. The van der Waals surface area contributed by atoms with E-state index in [1.54, 1.807) is 24.3 Å². The molecule has 2 heterocycles. The summed E-state index contributed by atoms with van der Waals surface area (Å²) in [4.78, 5) is 2.43. The number of nitrogens with zero attached hydrogens (tertiary/aromatic N) is 3. The number of hydrogen-bond donors (Lipinski definition) is 0. The van der Waals surface area contributed by atoms with Crippen LogP contribution >= 0.6 is 0 Å². The first kappa shape index (κ1) is 24.1. The first-order valence-corrected chi connectivity index (χ1v) is 13.9. The van der Waals surface area contributed by atoms with E-state index in [0.717, 1.165) is 11.1 Å². The first-order chi connectivity index (χ1) is 15.8. The van der Waals surface area contributed by atoms with Crippen LogP contribution in [0.1, 0.15) is 11.1 Å². The highest BCUT2D eigenvalue weighted by molar-refractivity contribution is 7.92. The maximum absolute atomic E-state index is 12.9. The Morgan fingerprint density at radius 2 is 1.48 bits per heavy atom. The molecule has 2 aromatic rings. The second kappa shape index (κ2) is 10.5. The summed E-state index contributed by atoms with van der Waals surface area (Å²) in [5, 5.41) is 1.26. The molecule has 2 fully saturated rings. The van der Waals surface area contributed by atoms with Gasteiger partial charge in [-0.1, -0.05) is 42.5 Å². The van der Waals surface area contributed by atoms with Gasteiger partial charge < -0.3 is 4.74 Å². The van der Waals surface area contributed by atoms with E-state index in [2.05, 4.69) is 4.90 Å². The van der Waals surface area contributed by atoms with Crippen LogP contribution in [0.25, 0.3) is 6.08 Å². The molecule has 0 unspecified atom stereocenters. The SMILES string of the molecule is O=S(=O)(C=Cc1ccccc1)N1CCN(Cc2cccc(S(=O)(=O)N3CCOCC3)c2)CC1. The van der Waals surface area contributed by atoms with Crippen molar-refractivity contribution in [3.63, 3.8) is 0 Å². The van der Waals surface area contributed by atoms with Crippen molar-refractivity contribution in [1.29, 1.82) is 0 Å². The molecule has 33 heavy (non-hydrogen) atoms. The van der Waals surface area contributed by atoms with Gasteiger partial charge in [0.2, 0.25) is 20.0 Å². The summed E-state index contributed by atoms with van der Waals surface area (Å²) < 4.78 is 59.4. The number of piperazine rings is 1. The summed E-state index contributed by atoms with van der Waals surface area (Å²) in [6.45, 7) is 4.07. The summed E-state index contributed by atoms with van der Waals surface area (Å²) in [5.41, 5.74) is 1.73. The summed E-state index contributed by atoms with van der Waals surface area (Å²) in [5.74, 6) is 0. The van der Waals surface area contributed by atoms with Gasteiger partial charge in [0.15, 0.2) is 0 Å². The van der Waals surface area contributed by atoms with Crippen LogP contribution in [0, 0.1) is 0 Å². The Labute approximate surface area is 196 Å². The number of sulfonamides is 2. The van der Waals surface area contributed by atoms with Crippen LogP contribution in [0.2, 0.25) is 0 Å². The molecule has 2 aliphatic rings. The van der Waals surface area contributed by atoms with E-state index >= 15 is 0 Å². The molecule has 0 amide bonds. The molecule has 10 heteroatoms. The van der Waals surface area contributed by atoms with E-state index in [4.69, 9.17) is 4.74 Å². The van der Waals surface area contributed by atoms with Gasteiger partial charge in [0.25, 0.3) is 0 Å². The number of rotatable bonds is 7. The van der Waals surface area contributed by atoms with Gasteiger partial charge in [0.05, 0.1) is 18.1 Å². The predicted molar refractivity (Wildman–Crippen MR) is 127 cm³/mol. The fraction of sp³-hybridized carbons (Fsp3) is 0.391. The molecular formula is C23H29N3O5S2.